The van der Waals surface area contributed by atoms with Gasteiger partial charge in [-0.05, 0) is 48.7 Å². The van der Waals surface area contributed by atoms with Gasteiger partial charge >= 0.3 is 6.61 Å². The van der Waals surface area contributed by atoms with Gasteiger partial charge in [-0.25, -0.2) is 0 Å². The van der Waals surface area contributed by atoms with Gasteiger partial charge in [0.25, 0.3) is 0 Å². The molecule has 0 radical (unpaired) electrons. The van der Waals surface area contributed by atoms with Gasteiger partial charge in [-0.3, -0.25) is 0 Å². The number of alkyl halides is 2. The van der Waals surface area contributed by atoms with Gasteiger partial charge in [0.05, 0.1) is 14.2 Å². The summed E-state index contributed by atoms with van der Waals surface area (Å²) in [5, 5.41) is 3.41. The first-order valence-corrected chi connectivity index (χ1v) is 8.00. The fourth-order valence-corrected chi connectivity index (χ4v) is 2.51. The molecule has 0 fully saturated rings. The Kier molecular flexibility index (Phi) is 7.01. The zero-order valence-corrected chi connectivity index (χ0v) is 14.6. The van der Waals surface area contributed by atoms with Crippen molar-refractivity contribution in [1.82, 2.24) is 5.32 Å². The first-order valence-electron chi connectivity index (χ1n) is 8.00. The minimum absolute atomic E-state index is 0.164. The van der Waals surface area contributed by atoms with Crippen molar-refractivity contribution in [3.63, 3.8) is 0 Å². The van der Waals surface area contributed by atoms with Crippen LogP contribution in [0.3, 0.4) is 0 Å². The van der Waals surface area contributed by atoms with Crippen LogP contribution in [-0.4, -0.2) is 26.9 Å². The van der Waals surface area contributed by atoms with Crippen molar-refractivity contribution in [2.24, 2.45) is 0 Å². The highest BCUT2D eigenvalue weighted by Gasteiger charge is 2.08. The third-order valence-electron chi connectivity index (χ3n) is 3.79. The van der Waals surface area contributed by atoms with E-state index in [1.807, 2.05) is 18.2 Å². The molecule has 1 unspecified atom stereocenters. The Morgan fingerprint density at radius 1 is 0.920 bits per heavy atom. The van der Waals surface area contributed by atoms with Crippen LogP contribution in [0.4, 0.5) is 8.78 Å². The van der Waals surface area contributed by atoms with E-state index in [0.717, 1.165) is 17.5 Å². The van der Waals surface area contributed by atoms with E-state index in [1.165, 1.54) is 0 Å². The smallest absolute Gasteiger partial charge is 0.387 e. The lowest BCUT2D eigenvalue weighted by molar-refractivity contribution is -0.0498. The Balaban J connectivity index is 1.87. The summed E-state index contributed by atoms with van der Waals surface area (Å²) >= 11 is 0. The summed E-state index contributed by atoms with van der Waals surface area (Å²) in [6.45, 7) is -0.0699. The molecule has 0 saturated carbocycles. The molecule has 0 aliphatic heterocycles. The van der Waals surface area contributed by atoms with Gasteiger partial charge in [-0.15, -0.1) is 0 Å². The van der Waals surface area contributed by atoms with Crippen LogP contribution < -0.4 is 19.5 Å². The molecular weight excluding hydrogens is 328 g/mol. The van der Waals surface area contributed by atoms with Crippen LogP contribution in [0.1, 0.15) is 18.1 Å². The molecule has 0 saturated heterocycles. The maximum Gasteiger partial charge on any atom is 0.387 e. The summed E-state index contributed by atoms with van der Waals surface area (Å²) < 4.78 is 39.2. The number of hydrogen-bond donors (Lipinski definition) is 1. The number of ether oxygens (including phenoxy) is 3. The summed E-state index contributed by atoms with van der Waals surface area (Å²) in [6.07, 6.45) is 0.826. The molecule has 0 bridgehead atoms. The van der Waals surface area contributed by atoms with E-state index in [4.69, 9.17) is 9.47 Å². The number of hydrogen-bond acceptors (Lipinski definition) is 4. The van der Waals surface area contributed by atoms with Crippen molar-refractivity contribution >= 4 is 0 Å². The van der Waals surface area contributed by atoms with Crippen LogP contribution in [-0.2, 0) is 13.0 Å². The monoisotopic (exact) mass is 351 g/mol. The molecule has 25 heavy (non-hydrogen) atoms. The van der Waals surface area contributed by atoms with E-state index in [1.54, 1.807) is 38.5 Å². The topological polar surface area (TPSA) is 39.7 Å². The second kappa shape index (κ2) is 9.22. The van der Waals surface area contributed by atoms with E-state index < -0.39 is 6.61 Å². The molecule has 136 valence electrons. The second-order valence-corrected chi connectivity index (χ2v) is 5.70. The van der Waals surface area contributed by atoms with Gasteiger partial charge in [0.2, 0.25) is 0 Å². The Morgan fingerprint density at radius 3 is 2.16 bits per heavy atom. The lowest BCUT2D eigenvalue weighted by Crippen LogP contribution is -2.27. The second-order valence-electron chi connectivity index (χ2n) is 5.70. The zero-order chi connectivity index (χ0) is 18.2. The molecule has 4 nitrogen and oxygen atoms in total. The number of benzene rings is 2. The molecule has 0 amide bonds. The van der Waals surface area contributed by atoms with Gasteiger partial charge in [-0.2, -0.15) is 8.78 Å². The van der Waals surface area contributed by atoms with Crippen molar-refractivity contribution < 1.29 is 23.0 Å². The minimum atomic E-state index is -2.80. The van der Waals surface area contributed by atoms with E-state index in [-0.39, 0.29) is 11.8 Å². The molecule has 0 aliphatic rings. The molecule has 1 atom stereocenters. The number of nitrogens with one attached hydrogen (secondary N) is 1. The maximum absolute atomic E-state index is 12.1. The highest BCUT2D eigenvalue weighted by molar-refractivity contribution is 5.43. The van der Waals surface area contributed by atoms with E-state index in [2.05, 4.69) is 17.0 Å². The van der Waals surface area contributed by atoms with Gasteiger partial charge in [-0.1, -0.05) is 18.2 Å². The zero-order valence-electron chi connectivity index (χ0n) is 14.6. The minimum Gasteiger partial charge on any atom is -0.493 e. The van der Waals surface area contributed by atoms with Gasteiger partial charge in [0.15, 0.2) is 11.5 Å². The predicted octanol–water partition coefficient (Wildman–Crippen LogP) is 4.03. The summed E-state index contributed by atoms with van der Waals surface area (Å²) in [6, 6.07) is 12.7. The van der Waals surface area contributed by atoms with Crippen LogP contribution >= 0.6 is 0 Å². The third-order valence-corrected chi connectivity index (χ3v) is 3.79. The fraction of sp³-hybridized carbons (Fsp3) is 0.368. The van der Waals surface area contributed by atoms with Crippen molar-refractivity contribution in [3.05, 3.63) is 53.6 Å². The fourth-order valence-electron chi connectivity index (χ4n) is 2.51. The number of halogens is 2. The van der Waals surface area contributed by atoms with Crippen LogP contribution in [0, 0.1) is 0 Å². The van der Waals surface area contributed by atoms with E-state index in [9.17, 15) is 8.78 Å². The molecule has 0 aliphatic carbocycles. The standard InChI is InChI=1S/C19H23F2NO3/c1-13(10-15-6-9-17(23-2)18(11-15)24-3)22-12-14-4-7-16(8-5-14)25-19(20)21/h4-9,11,13,19,22H,10,12H2,1-3H3. The molecule has 0 spiro atoms. The van der Waals surface area contributed by atoms with Gasteiger partial charge in [0.1, 0.15) is 5.75 Å². The van der Waals surface area contributed by atoms with Gasteiger partial charge < -0.3 is 19.5 Å². The van der Waals surface area contributed by atoms with Crippen molar-refractivity contribution in [2.45, 2.75) is 32.5 Å². The SMILES string of the molecule is COc1ccc(CC(C)NCc2ccc(OC(F)F)cc2)cc1OC. The Bertz CT molecular complexity index is 662. The molecule has 0 aromatic heterocycles. The van der Waals surface area contributed by atoms with E-state index >= 15 is 0 Å². The molecular formula is C19H23F2NO3. The van der Waals surface area contributed by atoms with Crippen LogP contribution in [0.5, 0.6) is 17.2 Å². The van der Waals surface area contributed by atoms with E-state index in [0.29, 0.717) is 18.0 Å². The molecule has 2 aromatic carbocycles. The highest BCUT2D eigenvalue weighted by Crippen LogP contribution is 2.28. The van der Waals surface area contributed by atoms with Crippen LogP contribution in [0.15, 0.2) is 42.5 Å². The summed E-state index contributed by atoms with van der Waals surface area (Å²) in [5.74, 6) is 1.58. The third kappa shape index (κ3) is 5.90. The number of methoxy groups -OCH3 is 2. The molecule has 0 heterocycles. The lowest BCUT2D eigenvalue weighted by Gasteiger charge is -2.16. The molecule has 2 rings (SSSR count). The Labute approximate surface area is 146 Å². The Hall–Kier alpha value is -2.34. The first kappa shape index (κ1) is 19.0. The Morgan fingerprint density at radius 2 is 1.56 bits per heavy atom. The van der Waals surface area contributed by atoms with Crippen LogP contribution in [0.2, 0.25) is 0 Å². The van der Waals surface area contributed by atoms with Crippen molar-refractivity contribution in [1.29, 1.82) is 0 Å². The maximum atomic E-state index is 12.1. The largest absolute Gasteiger partial charge is 0.493 e. The summed E-state index contributed by atoms with van der Waals surface area (Å²) in [5.41, 5.74) is 2.14. The normalized spacial score (nSPS) is 12.1. The van der Waals surface area contributed by atoms with Gasteiger partial charge in [0, 0.05) is 12.6 Å². The number of rotatable bonds is 9. The average Bonchev–Trinajstić information content (AvgIpc) is 2.60. The highest BCUT2D eigenvalue weighted by atomic mass is 19.3. The first-order chi connectivity index (χ1) is 12.0. The summed E-state index contributed by atoms with van der Waals surface area (Å²) in [4.78, 5) is 0. The summed E-state index contributed by atoms with van der Waals surface area (Å²) in [7, 11) is 3.23. The lowest BCUT2D eigenvalue weighted by atomic mass is 10.1. The van der Waals surface area contributed by atoms with Crippen molar-refractivity contribution in [3.8, 4) is 17.2 Å². The van der Waals surface area contributed by atoms with Crippen LogP contribution in [0.25, 0.3) is 0 Å². The van der Waals surface area contributed by atoms with Crippen molar-refractivity contribution in [2.75, 3.05) is 14.2 Å². The molecule has 6 heteroatoms. The molecule has 1 N–H and O–H groups in total. The average molecular weight is 351 g/mol. The predicted molar refractivity (Wildman–Crippen MR) is 92.6 cm³/mol. The quantitative estimate of drug-likeness (QED) is 0.741. The molecule has 2 aromatic rings.